The van der Waals surface area contributed by atoms with Crippen LogP contribution in [0.15, 0.2) is 36.4 Å². The number of nitrogens with zero attached hydrogens (tertiary/aromatic N) is 1. The normalized spacial score (nSPS) is 11.3. The number of rotatable bonds is 13. The summed E-state index contributed by atoms with van der Waals surface area (Å²) < 4.78 is 20.5. The van der Waals surface area contributed by atoms with Gasteiger partial charge in [0, 0.05) is 12.6 Å². The molecule has 0 aliphatic carbocycles. The molecule has 0 radical (unpaired) electrons. The van der Waals surface area contributed by atoms with Gasteiger partial charge in [-0.15, -0.1) is 0 Å². The van der Waals surface area contributed by atoms with E-state index in [0.29, 0.717) is 17.5 Å². The number of hydrogen-bond acceptors (Lipinski definition) is 7. The summed E-state index contributed by atoms with van der Waals surface area (Å²) >= 11 is 0. The number of carboxylic acids is 1. The van der Waals surface area contributed by atoms with Crippen LogP contribution >= 0.6 is 0 Å². The van der Waals surface area contributed by atoms with Crippen LogP contribution in [0.25, 0.3) is 0 Å². The minimum atomic E-state index is -0.985. The molecule has 1 atom stereocenters. The van der Waals surface area contributed by atoms with Crippen molar-refractivity contribution in [2.45, 2.75) is 39.2 Å². The fourth-order valence-electron chi connectivity index (χ4n) is 3.56. The van der Waals surface area contributed by atoms with Crippen LogP contribution in [0.3, 0.4) is 0 Å². The molecule has 2 aromatic rings. The van der Waals surface area contributed by atoms with E-state index in [4.69, 9.17) is 29.2 Å². The van der Waals surface area contributed by atoms with Gasteiger partial charge < -0.3 is 34.1 Å². The third-order valence-corrected chi connectivity index (χ3v) is 5.49. The predicted molar refractivity (Wildman–Crippen MR) is 133 cm³/mol. The molecular formula is C26H39NO7. The fourth-order valence-corrected chi connectivity index (χ4v) is 3.56. The lowest BCUT2D eigenvalue weighted by Crippen LogP contribution is -2.35. The van der Waals surface area contributed by atoms with Crippen molar-refractivity contribution in [3.05, 3.63) is 47.5 Å². The summed E-state index contributed by atoms with van der Waals surface area (Å²) in [7, 11) is 6.28. The fraction of sp³-hybridized carbons (Fsp3) is 0.500. The first-order valence-electron chi connectivity index (χ1n) is 11.4. The van der Waals surface area contributed by atoms with E-state index in [2.05, 4.69) is 30.9 Å². The lowest BCUT2D eigenvalue weighted by atomic mass is 10.0. The van der Waals surface area contributed by atoms with Gasteiger partial charge in [0.2, 0.25) is 0 Å². The molecule has 0 fully saturated rings. The van der Waals surface area contributed by atoms with Crippen LogP contribution in [-0.2, 0) is 6.42 Å². The zero-order chi connectivity index (χ0) is 25.5. The summed E-state index contributed by atoms with van der Waals surface area (Å²) in [5.41, 5.74) is 1.43. The molecule has 0 saturated heterocycles. The van der Waals surface area contributed by atoms with E-state index >= 15 is 0 Å². The Hall–Kier alpha value is -2.97. The Bertz CT molecular complexity index is 872. The molecule has 0 aliphatic rings. The van der Waals surface area contributed by atoms with Gasteiger partial charge in [-0.3, -0.25) is 0 Å². The molecule has 0 heterocycles. The first-order chi connectivity index (χ1) is 16.3. The number of aliphatic hydroxyl groups is 1. The molecule has 8 nitrogen and oxygen atoms in total. The lowest BCUT2D eigenvalue weighted by molar-refractivity contribution is 0.0696. The highest BCUT2D eigenvalue weighted by Crippen LogP contribution is 2.29. The third kappa shape index (κ3) is 9.11. The molecule has 0 aliphatic heterocycles. The quantitative estimate of drug-likeness (QED) is 0.416. The van der Waals surface area contributed by atoms with E-state index in [9.17, 15) is 4.79 Å². The van der Waals surface area contributed by atoms with Crippen molar-refractivity contribution in [3.63, 3.8) is 0 Å². The van der Waals surface area contributed by atoms with E-state index in [1.807, 2.05) is 6.07 Å². The van der Waals surface area contributed by atoms with Crippen molar-refractivity contribution in [2.75, 3.05) is 48.1 Å². The number of aliphatic hydroxyl groups excluding tert-OH is 1. The molecule has 0 bridgehead atoms. The van der Waals surface area contributed by atoms with Gasteiger partial charge in [-0.25, -0.2) is 4.79 Å². The predicted octanol–water partition coefficient (Wildman–Crippen LogP) is 4.13. The minimum Gasteiger partial charge on any atom is -0.493 e. The van der Waals surface area contributed by atoms with E-state index < -0.39 is 5.97 Å². The maximum absolute atomic E-state index is 10.6. The highest BCUT2D eigenvalue weighted by Gasteiger charge is 2.14. The maximum Gasteiger partial charge on any atom is 0.335 e. The van der Waals surface area contributed by atoms with Gasteiger partial charge in [-0.05, 0) is 75.2 Å². The number of likely N-dealkylation sites (N-methyl/N-ethyl adjacent to an activating group) is 1. The third-order valence-electron chi connectivity index (χ3n) is 5.49. The van der Waals surface area contributed by atoms with Gasteiger partial charge in [-0.2, -0.15) is 0 Å². The van der Waals surface area contributed by atoms with Crippen molar-refractivity contribution in [2.24, 2.45) is 0 Å². The molecule has 2 N–H and O–H groups in total. The molecule has 0 spiro atoms. The number of carboxylic acid groups (broad SMARTS) is 1. The minimum absolute atomic E-state index is 0.178. The zero-order valence-electron chi connectivity index (χ0n) is 21.2. The number of carbonyl (C=O) groups is 1. The van der Waals surface area contributed by atoms with Crippen LogP contribution in [0, 0.1) is 0 Å². The van der Waals surface area contributed by atoms with Gasteiger partial charge in [0.25, 0.3) is 0 Å². The van der Waals surface area contributed by atoms with E-state index in [1.165, 1.54) is 31.9 Å². The smallest absolute Gasteiger partial charge is 0.335 e. The Balaban J connectivity index is 0.000000380. The van der Waals surface area contributed by atoms with E-state index in [0.717, 1.165) is 43.9 Å². The maximum atomic E-state index is 10.6. The Morgan fingerprint density at radius 2 is 1.44 bits per heavy atom. The molecule has 8 heteroatoms. The number of benzene rings is 2. The first-order valence-corrected chi connectivity index (χ1v) is 11.4. The highest BCUT2D eigenvalue weighted by molar-refractivity contribution is 5.88. The van der Waals surface area contributed by atoms with Crippen LogP contribution in [-0.4, -0.2) is 75.3 Å². The van der Waals surface area contributed by atoms with Crippen LogP contribution in [0.2, 0.25) is 0 Å². The molecule has 2 aromatic carbocycles. The van der Waals surface area contributed by atoms with Crippen molar-refractivity contribution in [3.8, 4) is 23.0 Å². The molecule has 2 rings (SSSR count). The molecule has 190 valence electrons. The second-order valence-electron chi connectivity index (χ2n) is 7.68. The van der Waals surface area contributed by atoms with Crippen LogP contribution in [0.5, 0.6) is 23.0 Å². The molecule has 0 amide bonds. The molecular weight excluding hydrogens is 438 g/mol. The van der Waals surface area contributed by atoms with Crippen LogP contribution in [0.1, 0.15) is 42.6 Å². The Morgan fingerprint density at radius 3 is 1.94 bits per heavy atom. The Morgan fingerprint density at radius 1 is 0.882 bits per heavy atom. The SMILES string of the molecule is CCN(CCCCO)C(C)Cc1ccc(OC)c(OC)c1.COc1ccc(C(=O)O)cc1OC. The average molecular weight is 478 g/mol. The topological polar surface area (TPSA) is 97.7 Å². The second kappa shape index (κ2) is 15.8. The van der Waals surface area contributed by atoms with Gasteiger partial charge in [-0.1, -0.05) is 13.0 Å². The molecule has 1 unspecified atom stereocenters. The summed E-state index contributed by atoms with van der Waals surface area (Å²) in [5, 5.41) is 17.6. The summed E-state index contributed by atoms with van der Waals surface area (Å²) in [6.07, 6.45) is 2.90. The molecule has 0 aromatic heterocycles. The van der Waals surface area contributed by atoms with Gasteiger partial charge in [0.1, 0.15) is 0 Å². The van der Waals surface area contributed by atoms with Crippen LogP contribution < -0.4 is 18.9 Å². The summed E-state index contributed by atoms with van der Waals surface area (Å²) in [5.74, 6) is 1.51. The number of methoxy groups -OCH3 is 4. The largest absolute Gasteiger partial charge is 0.493 e. The van der Waals surface area contributed by atoms with Gasteiger partial charge >= 0.3 is 5.97 Å². The van der Waals surface area contributed by atoms with Crippen LogP contribution in [0.4, 0.5) is 0 Å². The number of hydrogen-bond donors (Lipinski definition) is 2. The zero-order valence-corrected chi connectivity index (χ0v) is 21.2. The standard InChI is InChI=1S/C17H29NO3.C9H10O4/c1-5-18(10-6-7-11-19)14(2)12-15-8-9-16(20-3)17(13-15)21-4;1-12-7-4-3-6(9(10)11)5-8(7)13-2/h8-9,13-14,19H,5-7,10-12H2,1-4H3;3-5H,1-2H3,(H,10,11). The Kier molecular flexibility index (Phi) is 13.5. The summed E-state index contributed by atoms with van der Waals surface area (Å²) in [6.45, 7) is 6.77. The van der Waals surface area contributed by atoms with E-state index in [1.54, 1.807) is 20.3 Å². The average Bonchev–Trinajstić information content (AvgIpc) is 2.86. The van der Waals surface area contributed by atoms with Crippen molar-refractivity contribution >= 4 is 5.97 Å². The van der Waals surface area contributed by atoms with Gasteiger partial charge in [0.15, 0.2) is 23.0 Å². The summed E-state index contributed by atoms with van der Waals surface area (Å²) in [6, 6.07) is 11.0. The monoisotopic (exact) mass is 477 g/mol. The lowest BCUT2D eigenvalue weighted by Gasteiger charge is -2.28. The molecule has 0 saturated carbocycles. The molecule has 34 heavy (non-hydrogen) atoms. The second-order valence-corrected chi connectivity index (χ2v) is 7.68. The Labute approximate surface area is 203 Å². The first kappa shape index (κ1) is 29.1. The highest BCUT2D eigenvalue weighted by atomic mass is 16.5. The number of aromatic carboxylic acids is 1. The number of unbranched alkanes of at least 4 members (excludes halogenated alkanes) is 1. The van der Waals surface area contributed by atoms with Crippen molar-refractivity contribution in [1.82, 2.24) is 4.90 Å². The van der Waals surface area contributed by atoms with Crippen molar-refractivity contribution in [1.29, 1.82) is 0 Å². The summed E-state index contributed by atoms with van der Waals surface area (Å²) in [4.78, 5) is 13.0. The van der Waals surface area contributed by atoms with E-state index in [-0.39, 0.29) is 12.2 Å². The van der Waals surface area contributed by atoms with Crippen molar-refractivity contribution < 1.29 is 34.0 Å². The number of ether oxygens (including phenoxy) is 4. The van der Waals surface area contributed by atoms with Gasteiger partial charge in [0.05, 0.1) is 34.0 Å².